The Morgan fingerprint density at radius 3 is 2.63 bits per heavy atom. The van der Waals surface area contributed by atoms with Crippen molar-refractivity contribution in [2.24, 2.45) is 0 Å². The number of rotatable bonds is 6. The van der Waals surface area contributed by atoms with Gasteiger partial charge in [0.1, 0.15) is 0 Å². The van der Waals surface area contributed by atoms with E-state index in [1.54, 1.807) is 6.20 Å². The Bertz CT molecular complexity index is 443. The van der Waals surface area contributed by atoms with E-state index in [1.165, 1.54) is 5.56 Å². The van der Waals surface area contributed by atoms with Gasteiger partial charge >= 0.3 is 0 Å². The van der Waals surface area contributed by atoms with Crippen molar-refractivity contribution in [2.75, 3.05) is 6.61 Å². The van der Waals surface area contributed by atoms with Crippen LogP contribution in [0, 0.1) is 0 Å². The molecule has 0 radical (unpaired) electrons. The van der Waals surface area contributed by atoms with Gasteiger partial charge < -0.3 is 4.74 Å². The standard InChI is InChI=1S/C16H20N2O/c1-3-19-16(2,11-14-7-6-9-17-13-14)12-15-8-4-5-10-18-15/h4-10,13H,3,11-12H2,1-2H3. The first-order valence-corrected chi connectivity index (χ1v) is 6.65. The molecule has 0 saturated heterocycles. The molecular weight excluding hydrogens is 236 g/mol. The summed E-state index contributed by atoms with van der Waals surface area (Å²) in [6.07, 6.45) is 7.16. The highest BCUT2D eigenvalue weighted by Crippen LogP contribution is 2.21. The second-order valence-corrected chi connectivity index (χ2v) is 4.92. The molecule has 100 valence electrons. The fraction of sp³-hybridized carbons (Fsp3) is 0.375. The summed E-state index contributed by atoms with van der Waals surface area (Å²) in [4.78, 5) is 8.56. The molecule has 3 heteroatoms. The monoisotopic (exact) mass is 256 g/mol. The zero-order valence-electron chi connectivity index (χ0n) is 11.5. The fourth-order valence-corrected chi connectivity index (χ4v) is 2.33. The average Bonchev–Trinajstić information content (AvgIpc) is 2.41. The van der Waals surface area contributed by atoms with Gasteiger partial charge in [-0.1, -0.05) is 12.1 Å². The van der Waals surface area contributed by atoms with E-state index < -0.39 is 0 Å². The van der Waals surface area contributed by atoms with Crippen molar-refractivity contribution in [2.45, 2.75) is 32.3 Å². The van der Waals surface area contributed by atoms with Gasteiger partial charge in [0.15, 0.2) is 0 Å². The van der Waals surface area contributed by atoms with Gasteiger partial charge in [0, 0.05) is 43.7 Å². The molecule has 2 aromatic heterocycles. The Labute approximate surface area is 114 Å². The third kappa shape index (κ3) is 4.14. The van der Waals surface area contributed by atoms with Crippen LogP contribution in [0.4, 0.5) is 0 Å². The third-order valence-electron chi connectivity index (χ3n) is 3.07. The normalized spacial score (nSPS) is 14.0. The highest BCUT2D eigenvalue weighted by Gasteiger charge is 2.26. The van der Waals surface area contributed by atoms with E-state index in [9.17, 15) is 0 Å². The lowest BCUT2D eigenvalue weighted by Crippen LogP contribution is -2.34. The van der Waals surface area contributed by atoms with Crippen LogP contribution in [0.2, 0.25) is 0 Å². The summed E-state index contributed by atoms with van der Waals surface area (Å²) < 4.78 is 5.97. The molecule has 0 aromatic carbocycles. The zero-order chi connectivity index (χ0) is 13.6. The molecule has 1 unspecified atom stereocenters. The van der Waals surface area contributed by atoms with Crippen LogP contribution in [0.5, 0.6) is 0 Å². The fourth-order valence-electron chi connectivity index (χ4n) is 2.33. The first kappa shape index (κ1) is 13.7. The molecule has 3 nitrogen and oxygen atoms in total. The maximum atomic E-state index is 5.97. The van der Waals surface area contributed by atoms with E-state index in [-0.39, 0.29) is 5.60 Å². The van der Waals surface area contributed by atoms with E-state index in [4.69, 9.17) is 4.74 Å². The largest absolute Gasteiger partial charge is 0.375 e. The van der Waals surface area contributed by atoms with Crippen molar-refractivity contribution in [3.63, 3.8) is 0 Å². The highest BCUT2D eigenvalue weighted by atomic mass is 16.5. The van der Waals surface area contributed by atoms with Crippen LogP contribution in [0.15, 0.2) is 48.9 Å². The molecule has 0 amide bonds. The Balaban J connectivity index is 2.13. The summed E-state index contributed by atoms with van der Waals surface area (Å²) in [6, 6.07) is 10.0. The molecule has 0 aliphatic heterocycles. The van der Waals surface area contributed by atoms with Crippen molar-refractivity contribution in [1.29, 1.82) is 0 Å². The maximum absolute atomic E-state index is 5.97. The number of pyridine rings is 2. The zero-order valence-corrected chi connectivity index (χ0v) is 11.5. The molecule has 0 aliphatic rings. The number of hydrogen-bond acceptors (Lipinski definition) is 3. The van der Waals surface area contributed by atoms with E-state index in [0.29, 0.717) is 6.61 Å². The van der Waals surface area contributed by atoms with Gasteiger partial charge in [-0.05, 0) is 37.6 Å². The summed E-state index contributed by atoms with van der Waals surface area (Å²) in [5.41, 5.74) is 2.00. The van der Waals surface area contributed by atoms with Crippen LogP contribution in [0.3, 0.4) is 0 Å². The molecule has 0 saturated carbocycles. The first-order valence-electron chi connectivity index (χ1n) is 6.65. The summed E-state index contributed by atoms with van der Waals surface area (Å²) in [7, 11) is 0. The van der Waals surface area contributed by atoms with Crippen LogP contribution >= 0.6 is 0 Å². The first-order chi connectivity index (χ1) is 9.22. The van der Waals surface area contributed by atoms with Gasteiger partial charge in [0.05, 0.1) is 5.60 Å². The van der Waals surface area contributed by atoms with E-state index in [0.717, 1.165) is 18.5 Å². The summed E-state index contributed by atoms with van der Waals surface area (Å²) in [5, 5.41) is 0. The lowest BCUT2D eigenvalue weighted by Gasteiger charge is -2.29. The van der Waals surface area contributed by atoms with Crippen molar-refractivity contribution in [3.8, 4) is 0 Å². The minimum atomic E-state index is -0.244. The predicted octanol–water partition coefficient (Wildman–Crippen LogP) is 3.06. The SMILES string of the molecule is CCOC(C)(Cc1cccnc1)Cc1ccccn1. The van der Waals surface area contributed by atoms with E-state index in [1.807, 2.05) is 43.6 Å². The Morgan fingerprint density at radius 1 is 1.11 bits per heavy atom. The van der Waals surface area contributed by atoms with Crippen molar-refractivity contribution >= 4 is 0 Å². The van der Waals surface area contributed by atoms with E-state index >= 15 is 0 Å². The van der Waals surface area contributed by atoms with Crippen molar-refractivity contribution in [3.05, 3.63) is 60.2 Å². The van der Waals surface area contributed by atoms with Gasteiger partial charge in [-0.2, -0.15) is 0 Å². The Hall–Kier alpha value is -1.74. The van der Waals surface area contributed by atoms with Gasteiger partial charge in [0.25, 0.3) is 0 Å². The quantitative estimate of drug-likeness (QED) is 0.796. The minimum absolute atomic E-state index is 0.244. The van der Waals surface area contributed by atoms with Gasteiger partial charge in [-0.15, -0.1) is 0 Å². The average molecular weight is 256 g/mol. The van der Waals surface area contributed by atoms with E-state index in [2.05, 4.69) is 23.0 Å². The van der Waals surface area contributed by atoms with Gasteiger partial charge in [-0.25, -0.2) is 0 Å². The third-order valence-corrected chi connectivity index (χ3v) is 3.07. The molecule has 2 aromatic rings. The number of ether oxygens (including phenoxy) is 1. The minimum Gasteiger partial charge on any atom is -0.375 e. The lowest BCUT2D eigenvalue weighted by atomic mass is 9.92. The van der Waals surface area contributed by atoms with Gasteiger partial charge in [0.2, 0.25) is 0 Å². The van der Waals surface area contributed by atoms with Crippen LogP contribution in [-0.2, 0) is 17.6 Å². The second-order valence-electron chi connectivity index (χ2n) is 4.92. The Morgan fingerprint density at radius 2 is 2.00 bits per heavy atom. The Kier molecular flexibility index (Phi) is 4.63. The lowest BCUT2D eigenvalue weighted by molar-refractivity contribution is -0.0247. The van der Waals surface area contributed by atoms with Gasteiger partial charge in [-0.3, -0.25) is 9.97 Å². The van der Waals surface area contributed by atoms with Crippen LogP contribution in [0.25, 0.3) is 0 Å². The number of nitrogens with zero attached hydrogens (tertiary/aromatic N) is 2. The van der Waals surface area contributed by atoms with Crippen molar-refractivity contribution < 1.29 is 4.74 Å². The van der Waals surface area contributed by atoms with Crippen LogP contribution in [-0.4, -0.2) is 22.2 Å². The molecule has 0 fully saturated rings. The smallest absolute Gasteiger partial charge is 0.0750 e. The number of hydrogen-bond donors (Lipinski definition) is 0. The molecule has 19 heavy (non-hydrogen) atoms. The second kappa shape index (κ2) is 6.43. The molecule has 0 spiro atoms. The maximum Gasteiger partial charge on any atom is 0.0750 e. The summed E-state index contributed by atoms with van der Waals surface area (Å²) in [6.45, 7) is 4.86. The highest BCUT2D eigenvalue weighted by molar-refractivity contribution is 5.14. The molecule has 2 heterocycles. The molecule has 0 N–H and O–H groups in total. The number of aromatic nitrogens is 2. The summed E-state index contributed by atoms with van der Waals surface area (Å²) >= 11 is 0. The molecular formula is C16H20N2O. The molecule has 2 rings (SSSR count). The predicted molar refractivity (Wildman–Crippen MR) is 75.9 cm³/mol. The molecule has 0 aliphatic carbocycles. The van der Waals surface area contributed by atoms with Crippen molar-refractivity contribution in [1.82, 2.24) is 9.97 Å². The van der Waals surface area contributed by atoms with Crippen LogP contribution in [0.1, 0.15) is 25.1 Å². The molecule has 1 atom stereocenters. The molecule has 0 bridgehead atoms. The topological polar surface area (TPSA) is 35.0 Å². The summed E-state index contributed by atoms with van der Waals surface area (Å²) in [5.74, 6) is 0. The van der Waals surface area contributed by atoms with Crippen LogP contribution < -0.4 is 0 Å².